The van der Waals surface area contributed by atoms with Gasteiger partial charge >= 0.3 is 0 Å². The number of hydrogen-bond acceptors (Lipinski definition) is 6. The number of halogens is 3. The van der Waals surface area contributed by atoms with E-state index in [1.165, 1.54) is 13.2 Å². The summed E-state index contributed by atoms with van der Waals surface area (Å²) in [5, 5.41) is 1.57. The Labute approximate surface area is 194 Å². The van der Waals surface area contributed by atoms with Crippen LogP contribution in [0.2, 0.25) is 0 Å². The number of imide groups is 1. The van der Waals surface area contributed by atoms with Crippen molar-refractivity contribution in [2.75, 3.05) is 25.6 Å². The van der Waals surface area contributed by atoms with E-state index in [4.69, 9.17) is 9.47 Å². The van der Waals surface area contributed by atoms with E-state index in [-0.39, 0.29) is 10.6 Å². The van der Waals surface area contributed by atoms with Crippen LogP contribution in [0.5, 0.6) is 11.5 Å². The van der Waals surface area contributed by atoms with Crippen LogP contribution >= 0.6 is 27.7 Å². The molecule has 0 spiro atoms. The quantitative estimate of drug-likeness (QED) is 0.521. The van der Waals surface area contributed by atoms with Crippen molar-refractivity contribution in [3.05, 3.63) is 56.9 Å². The van der Waals surface area contributed by atoms with Crippen molar-refractivity contribution in [1.29, 1.82) is 0 Å². The molecule has 1 aliphatic rings. The van der Waals surface area contributed by atoms with Crippen molar-refractivity contribution in [3.8, 4) is 11.5 Å². The number of carbonyl (C=O) groups excluding carboxylic acids is 3. The first-order valence-electron chi connectivity index (χ1n) is 9.24. The van der Waals surface area contributed by atoms with Crippen molar-refractivity contribution in [2.24, 2.45) is 0 Å². The summed E-state index contributed by atoms with van der Waals surface area (Å²) in [5.41, 5.74) is 0.304. The highest BCUT2D eigenvalue weighted by molar-refractivity contribution is 9.10. The highest BCUT2D eigenvalue weighted by atomic mass is 79.9. The van der Waals surface area contributed by atoms with Gasteiger partial charge in [-0.15, -0.1) is 0 Å². The van der Waals surface area contributed by atoms with Gasteiger partial charge in [0, 0.05) is 10.5 Å². The maximum atomic E-state index is 13.7. The van der Waals surface area contributed by atoms with Gasteiger partial charge in [0.1, 0.15) is 18.2 Å². The maximum Gasteiger partial charge on any atom is 0.294 e. The number of hydrogen-bond donors (Lipinski definition) is 1. The van der Waals surface area contributed by atoms with Gasteiger partial charge in [0.05, 0.1) is 24.3 Å². The molecular formula is C21H17BrF2N2O5S. The Morgan fingerprint density at radius 1 is 1.22 bits per heavy atom. The molecule has 1 saturated heterocycles. The number of nitrogens with one attached hydrogen (secondary N) is 1. The summed E-state index contributed by atoms with van der Waals surface area (Å²) < 4.78 is 38.1. The number of rotatable bonds is 7. The zero-order valence-electron chi connectivity index (χ0n) is 16.9. The first-order chi connectivity index (χ1) is 15.2. The van der Waals surface area contributed by atoms with E-state index in [0.717, 1.165) is 17.0 Å². The fraction of sp³-hybridized carbons (Fsp3) is 0.190. The second kappa shape index (κ2) is 10.1. The molecule has 0 aromatic heterocycles. The number of nitrogens with zero attached hydrogens (tertiary/aromatic N) is 1. The number of methoxy groups -OCH3 is 1. The van der Waals surface area contributed by atoms with E-state index in [2.05, 4.69) is 21.2 Å². The predicted octanol–water partition coefficient (Wildman–Crippen LogP) is 4.81. The zero-order chi connectivity index (χ0) is 23.4. The lowest BCUT2D eigenvalue weighted by atomic mass is 10.2. The fourth-order valence-corrected chi connectivity index (χ4v) is 4.06. The summed E-state index contributed by atoms with van der Waals surface area (Å²) in [4.78, 5) is 38.1. The fourth-order valence-electron chi connectivity index (χ4n) is 2.79. The molecule has 0 atom stereocenters. The molecule has 2 aromatic rings. The van der Waals surface area contributed by atoms with Crippen LogP contribution in [-0.4, -0.2) is 42.2 Å². The summed E-state index contributed by atoms with van der Waals surface area (Å²) in [7, 11) is 1.48. The molecule has 1 aliphatic heterocycles. The van der Waals surface area contributed by atoms with E-state index in [0.29, 0.717) is 46.0 Å². The third-order valence-corrected chi connectivity index (χ3v) is 5.84. The SMILES string of the molecule is CCOc1cc(Br)c(/C=C2\SC(=O)N(CC(=O)Nc3ccc(F)cc3F)C2=O)cc1OC. The molecule has 3 rings (SSSR count). The molecule has 2 aromatic carbocycles. The van der Waals surface area contributed by atoms with Crippen molar-refractivity contribution in [3.63, 3.8) is 0 Å². The monoisotopic (exact) mass is 526 g/mol. The molecule has 11 heteroatoms. The minimum Gasteiger partial charge on any atom is -0.493 e. The smallest absolute Gasteiger partial charge is 0.294 e. The molecule has 0 saturated carbocycles. The van der Waals surface area contributed by atoms with E-state index in [1.807, 2.05) is 6.92 Å². The molecular weight excluding hydrogens is 510 g/mol. The highest BCUT2D eigenvalue weighted by Crippen LogP contribution is 2.38. The zero-order valence-corrected chi connectivity index (χ0v) is 19.3. The lowest BCUT2D eigenvalue weighted by Crippen LogP contribution is -2.36. The van der Waals surface area contributed by atoms with Crippen LogP contribution < -0.4 is 14.8 Å². The summed E-state index contributed by atoms with van der Waals surface area (Å²) in [5.74, 6) is -2.29. The van der Waals surface area contributed by atoms with Gasteiger partial charge in [-0.2, -0.15) is 0 Å². The Bertz CT molecular complexity index is 1130. The van der Waals surface area contributed by atoms with Crippen LogP contribution in [0.15, 0.2) is 39.7 Å². The highest BCUT2D eigenvalue weighted by Gasteiger charge is 2.36. The number of benzene rings is 2. The third-order valence-electron chi connectivity index (χ3n) is 4.25. The number of amides is 3. The van der Waals surface area contributed by atoms with Crippen LogP contribution in [-0.2, 0) is 9.59 Å². The molecule has 0 radical (unpaired) electrons. The van der Waals surface area contributed by atoms with E-state index < -0.39 is 35.2 Å². The molecule has 3 amide bonds. The lowest BCUT2D eigenvalue weighted by molar-refractivity contribution is -0.127. The van der Waals surface area contributed by atoms with E-state index >= 15 is 0 Å². The van der Waals surface area contributed by atoms with Crippen molar-refractivity contribution in [2.45, 2.75) is 6.92 Å². The lowest BCUT2D eigenvalue weighted by Gasteiger charge is -2.13. The molecule has 1 N–H and O–H groups in total. The Morgan fingerprint density at radius 2 is 1.97 bits per heavy atom. The van der Waals surface area contributed by atoms with Gasteiger partial charge in [0.2, 0.25) is 5.91 Å². The molecule has 1 heterocycles. The second-order valence-electron chi connectivity index (χ2n) is 6.40. The van der Waals surface area contributed by atoms with Crippen molar-refractivity contribution < 1.29 is 32.6 Å². The summed E-state index contributed by atoms with van der Waals surface area (Å²) in [6.07, 6.45) is 1.49. The molecule has 7 nitrogen and oxygen atoms in total. The first-order valence-corrected chi connectivity index (χ1v) is 10.8. The van der Waals surface area contributed by atoms with Crippen LogP contribution in [0.3, 0.4) is 0 Å². The second-order valence-corrected chi connectivity index (χ2v) is 8.25. The van der Waals surface area contributed by atoms with Gasteiger partial charge in [-0.1, -0.05) is 15.9 Å². The maximum absolute atomic E-state index is 13.7. The Balaban J connectivity index is 1.77. The van der Waals surface area contributed by atoms with Crippen LogP contribution in [0.1, 0.15) is 12.5 Å². The standard InChI is InChI=1S/C21H17BrF2N2O5S/c1-3-31-17-9-13(22)11(6-16(17)30-2)7-18-20(28)26(21(29)32-18)10-19(27)25-15-5-4-12(23)8-14(15)24/h4-9H,3,10H2,1-2H3,(H,25,27)/b18-7-. The van der Waals surface area contributed by atoms with Gasteiger partial charge in [0.25, 0.3) is 11.1 Å². The van der Waals surface area contributed by atoms with Crippen LogP contribution in [0, 0.1) is 11.6 Å². The normalized spacial score (nSPS) is 14.8. The van der Waals surface area contributed by atoms with Crippen LogP contribution in [0.4, 0.5) is 19.3 Å². The Hall–Kier alpha value is -2.92. The number of thioether (sulfide) groups is 1. The number of anilines is 1. The third kappa shape index (κ3) is 5.28. The molecule has 0 unspecified atom stereocenters. The summed E-state index contributed by atoms with van der Waals surface area (Å²) in [6, 6.07) is 5.97. The Morgan fingerprint density at radius 3 is 2.62 bits per heavy atom. The molecule has 168 valence electrons. The van der Waals surface area contributed by atoms with Gasteiger partial charge in [-0.25, -0.2) is 8.78 Å². The predicted molar refractivity (Wildman–Crippen MR) is 120 cm³/mol. The average molecular weight is 527 g/mol. The molecule has 1 fully saturated rings. The van der Waals surface area contributed by atoms with Crippen molar-refractivity contribution >= 4 is 56.5 Å². The van der Waals surface area contributed by atoms with Crippen LogP contribution in [0.25, 0.3) is 6.08 Å². The minimum atomic E-state index is -0.971. The molecule has 32 heavy (non-hydrogen) atoms. The Kier molecular flexibility index (Phi) is 7.52. The number of ether oxygens (including phenoxy) is 2. The summed E-state index contributed by atoms with van der Waals surface area (Å²) >= 11 is 4.07. The largest absolute Gasteiger partial charge is 0.493 e. The average Bonchev–Trinajstić information content (AvgIpc) is 2.99. The van der Waals surface area contributed by atoms with E-state index in [9.17, 15) is 23.2 Å². The first kappa shape index (κ1) is 23.7. The van der Waals surface area contributed by atoms with Crippen molar-refractivity contribution in [1.82, 2.24) is 4.90 Å². The summed E-state index contributed by atoms with van der Waals surface area (Å²) in [6.45, 7) is 1.65. The van der Waals surface area contributed by atoms with E-state index in [1.54, 1.807) is 12.1 Å². The molecule has 0 aliphatic carbocycles. The molecule has 0 bridgehead atoms. The van der Waals surface area contributed by atoms with Gasteiger partial charge in [-0.3, -0.25) is 19.3 Å². The number of carbonyl (C=O) groups is 3. The minimum absolute atomic E-state index is 0.0997. The van der Waals surface area contributed by atoms with Gasteiger partial charge in [0.15, 0.2) is 11.5 Å². The van der Waals surface area contributed by atoms with Gasteiger partial charge < -0.3 is 14.8 Å². The van der Waals surface area contributed by atoms with Gasteiger partial charge in [-0.05, 0) is 54.6 Å². The topological polar surface area (TPSA) is 84.9 Å².